The number of ether oxygens (including phenoxy) is 3. The lowest BCUT2D eigenvalue weighted by molar-refractivity contribution is -0.138. The van der Waals surface area contributed by atoms with Gasteiger partial charge in [-0.15, -0.1) is 0 Å². The molecule has 0 aromatic heterocycles. The van der Waals surface area contributed by atoms with Crippen molar-refractivity contribution in [2.24, 2.45) is 0 Å². The van der Waals surface area contributed by atoms with Crippen LogP contribution in [-0.4, -0.2) is 20.2 Å². The molecule has 24 heavy (non-hydrogen) atoms. The average molecular weight is 323 g/mol. The van der Waals surface area contributed by atoms with Crippen LogP contribution in [0.3, 0.4) is 0 Å². The van der Waals surface area contributed by atoms with Crippen LogP contribution in [0.5, 0.6) is 11.5 Å². The van der Waals surface area contributed by atoms with E-state index in [1.807, 2.05) is 0 Å². The number of carbonyl (C=O) groups is 1. The molecule has 0 aliphatic heterocycles. The van der Waals surface area contributed by atoms with Gasteiger partial charge in [0.25, 0.3) is 0 Å². The molecule has 0 saturated carbocycles. The Bertz CT molecular complexity index is 790. The summed E-state index contributed by atoms with van der Waals surface area (Å²) >= 11 is 0. The molecule has 0 heterocycles. The fourth-order valence-corrected chi connectivity index (χ4v) is 2.07. The fourth-order valence-electron chi connectivity index (χ4n) is 2.07. The number of esters is 1. The van der Waals surface area contributed by atoms with E-state index >= 15 is 0 Å². The fraction of sp³-hybridized carbons (Fsp3) is 0.158. The summed E-state index contributed by atoms with van der Waals surface area (Å²) in [5.74, 6) is 0.707. The molecule has 0 bridgehead atoms. The summed E-state index contributed by atoms with van der Waals surface area (Å²) in [6.07, 6.45) is 2.96. The van der Waals surface area contributed by atoms with Crippen molar-refractivity contribution in [1.29, 1.82) is 5.26 Å². The SMILES string of the molecule is COc1ccc(/C=C/C(=O)OCc2ccccc2C#N)cc1OC. The van der Waals surface area contributed by atoms with Crippen molar-refractivity contribution >= 4 is 12.0 Å². The van der Waals surface area contributed by atoms with Gasteiger partial charge < -0.3 is 14.2 Å². The van der Waals surface area contributed by atoms with E-state index in [1.165, 1.54) is 6.08 Å². The number of methoxy groups -OCH3 is 2. The van der Waals surface area contributed by atoms with Gasteiger partial charge in [0.05, 0.1) is 25.9 Å². The summed E-state index contributed by atoms with van der Waals surface area (Å²) < 4.78 is 15.5. The number of rotatable bonds is 6. The minimum atomic E-state index is -0.488. The lowest BCUT2D eigenvalue weighted by Gasteiger charge is -2.07. The first kappa shape index (κ1) is 17.1. The van der Waals surface area contributed by atoms with Gasteiger partial charge >= 0.3 is 5.97 Å². The number of hydrogen-bond acceptors (Lipinski definition) is 5. The van der Waals surface area contributed by atoms with E-state index in [0.717, 1.165) is 5.56 Å². The highest BCUT2D eigenvalue weighted by Gasteiger charge is 2.05. The maximum absolute atomic E-state index is 11.8. The first-order chi connectivity index (χ1) is 11.7. The Kier molecular flexibility index (Phi) is 5.98. The Balaban J connectivity index is 1.99. The normalized spacial score (nSPS) is 10.2. The van der Waals surface area contributed by atoms with Gasteiger partial charge in [-0.25, -0.2) is 4.79 Å². The molecule has 0 fully saturated rings. The van der Waals surface area contributed by atoms with Crippen LogP contribution in [0.2, 0.25) is 0 Å². The molecular weight excluding hydrogens is 306 g/mol. The van der Waals surface area contributed by atoms with Gasteiger partial charge in [-0.2, -0.15) is 5.26 Å². The molecule has 0 aliphatic rings. The number of benzene rings is 2. The molecule has 0 saturated heterocycles. The molecule has 122 valence electrons. The third kappa shape index (κ3) is 4.37. The van der Waals surface area contributed by atoms with Crippen molar-refractivity contribution in [3.8, 4) is 17.6 Å². The highest BCUT2D eigenvalue weighted by Crippen LogP contribution is 2.27. The topological polar surface area (TPSA) is 68.5 Å². The summed E-state index contributed by atoms with van der Waals surface area (Å²) in [6.45, 7) is 0.0544. The van der Waals surface area contributed by atoms with E-state index < -0.39 is 5.97 Å². The zero-order valence-corrected chi connectivity index (χ0v) is 13.5. The van der Waals surface area contributed by atoms with Gasteiger partial charge in [0.1, 0.15) is 6.61 Å². The van der Waals surface area contributed by atoms with Gasteiger partial charge in [-0.3, -0.25) is 0 Å². The molecule has 5 heteroatoms. The molecular formula is C19H17NO4. The van der Waals surface area contributed by atoms with Crippen LogP contribution in [-0.2, 0) is 16.1 Å². The molecule has 0 unspecified atom stereocenters. The molecule has 0 atom stereocenters. The van der Waals surface area contributed by atoms with E-state index in [0.29, 0.717) is 22.6 Å². The van der Waals surface area contributed by atoms with E-state index in [1.54, 1.807) is 62.8 Å². The van der Waals surface area contributed by atoms with Crippen molar-refractivity contribution in [3.63, 3.8) is 0 Å². The van der Waals surface area contributed by atoms with Crippen molar-refractivity contribution in [2.75, 3.05) is 14.2 Å². The predicted octanol–water partition coefficient (Wildman–Crippen LogP) is 3.33. The van der Waals surface area contributed by atoms with E-state index in [4.69, 9.17) is 19.5 Å². The molecule has 0 aliphatic carbocycles. The Labute approximate surface area is 140 Å². The zero-order chi connectivity index (χ0) is 17.4. The Morgan fingerprint density at radius 2 is 1.88 bits per heavy atom. The highest BCUT2D eigenvalue weighted by molar-refractivity contribution is 5.87. The largest absolute Gasteiger partial charge is 0.493 e. The van der Waals surface area contributed by atoms with Crippen molar-refractivity contribution in [1.82, 2.24) is 0 Å². The second-order valence-electron chi connectivity index (χ2n) is 4.82. The van der Waals surface area contributed by atoms with Crippen LogP contribution in [0.4, 0.5) is 0 Å². The molecule has 0 amide bonds. The Morgan fingerprint density at radius 3 is 2.58 bits per heavy atom. The zero-order valence-electron chi connectivity index (χ0n) is 13.5. The molecule has 2 aromatic rings. The smallest absolute Gasteiger partial charge is 0.331 e. The summed E-state index contributed by atoms with van der Waals surface area (Å²) in [5, 5.41) is 9.00. The van der Waals surface area contributed by atoms with Crippen molar-refractivity contribution in [3.05, 3.63) is 65.2 Å². The highest BCUT2D eigenvalue weighted by atomic mass is 16.5. The van der Waals surface area contributed by atoms with Crippen molar-refractivity contribution < 1.29 is 19.0 Å². The maximum atomic E-state index is 11.8. The van der Waals surface area contributed by atoms with Crippen molar-refractivity contribution in [2.45, 2.75) is 6.61 Å². The minimum Gasteiger partial charge on any atom is -0.493 e. The van der Waals surface area contributed by atoms with E-state index in [2.05, 4.69) is 6.07 Å². The van der Waals surface area contributed by atoms with Crippen LogP contribution >= 0.6 is 0 Å². The summed E-state index contributed by atoms with van der Waals surface area (Å²) in [5.41, 5.74) is 1.95. The van der Waals surface area contributed by atoms with Gasteiger partial charge in [0.15, 0.2) is 11.5 Å². The summed E-state index contributed by atoms with van der Waals surface area (Å²) in [7, 11) is 3.11. The standard InChI is InChI=1S/C19H17NO4/c1-22-17-9-7-14(11-18(17)23-2)8-10-19(21)24-13-16-6-4-3-5-15(16)12-20/h3-11H,13H2,1-2H3/b10-8+. The number of carbonyl (C=O) groups excluding carboxylic acids is 1. The van der Waals surface area contributed by atoms with Crippen LogP contribution in [0, 0.1) is 11.3 Å². The van der Waals surface area contributed by atoms with E-state index in [-0.39, 0.29) is 6.61 Å². The summed E-state index contributed by atoms with van der Waals surface area (Å²) in [6, 6.07) is 14.4. The summed E-state index contributed by atoms with van der Waals surface area (Å²) in [4.78, 5) is 11.8. The second kappa shape index (κ2) is 8.39. The molecule has 0 N–H and O–H groups in total. The average Bonchev–Trinajstić information content (AvgIpc) is 2.64. The lowest BCUT2D eigenvalue weighted by atomic mass is 10.1. The Hall–Kier alpha value is -3.26. The first-order valence-corrected chi connectivity index (χ1v) is 7.22. The van der Waals surface area contributed by atoms with E-state index in [9.17, 15) is 4.79 Å². The monoisotopic (exact) mass is 323 g/mol. The van der Waals surface area contributed by atoms with Gasteiger partial charge in [-0.05, 0) is 29.8 Å². The van der Waals surface area contributed by atoms with Gasteiger partial charge in [0.2, 0.25) is 0 Å². The molecule has 5 nitrogen and oxygen atoms in total. The molecule has 2 aromatic carbocycles. The maximum Gasteiger partial charge on any atom is 0.331 e. The Morgan fingerprint density at radius 1 is 1.12 bits per heavy atom. The first-order valence-electron chi connectivity index (χ1n) is 7.22. The second-order valence-corrected chi connectivity index (χ2v) is 4.82. The van der Waals surface area contributed by atoms with Crippen LogP contribution < -0.4 is 9.47 Å². The number of nitriles is 1. The molecule has 0 spiro atoms. The molecule has 0 radical (unpaired) electrons. The van der Waals surface area contributed by atoms with Crippen LogP contribution in [0.15, 0.2) is 48.5 Å². The quantitative estimate of drug-likeness (QED) is 0.602. The minimum absolute atomic E-state index is 0.0544. The van der Waals surface area contributed by atoms with Crippen LogP contribution in [0.25, 0.3) is 6.08 Å². The predicted molar refractivity (Wildman–Crippen MR) is 89.5 cm³/mol. The number of hydrogen-bond donors (Lipinski definition) is 0. The van der Waals surface area contributed by atoms with Gasteiger partial charge in [0, 0.05) is 11.6 Å². The van der Waals surface area contributed by atoms with Gasteiger partial charge in [-0.1, -0.05) is 24.3 Å². The van der Waals surface area contributed by atoms with Crippen LogP contribution in [0.1, 0.15) is 16.7 Å². The number of nitrogens with zero attached hydrogens (tertiary/aromatic N) is 1. The molecule has 2 rings (SSSR count). The lowest BCUT2D eigenvalue weighted by Crippen LogP contribution is -2.02. The third-order valence-corrected chi connectivity index (χ3v) is 3.33. The third-order valence-electron chi connectivity index (χ3n) is 3.33.